The second kappa shape index (κ2) is 6.47. The molecule has 1 unspecified atom stereocenters. The number of hydrogen-bond donors (Lipinski definition) is 2. The van der Waals surface area contributed by atoms with E-state index in [9.17, 15) is 19.5 Å². The van der Waals surface area contributed by atoms with Crippen LogP contribution in [-0.4, -0.2) is 55.7 Å². The zero-order valence-corrected chi connectivity index (χ0v) is 14.5. The van der Waals surface area contributed by atoms with Crippen LogP contribution in [0.3, 0.4) is 0 Å². The van der Waals surface area contributed by atoms with Crippen molar-refractivity contribution in [3.05, 3.63) is 51.5 Å². The lowest BCUT2D eigenvalue weighted by molar-refractivity contribution is 0.00845. The van der Waals surface area contributed by atoms with Crippen LogP contribution in [0.2, 0.25) is 0 Å². The first-order valence-corrected chi connectivity index (χ1v) is 8.41. The summed E-state index contributed by atoms with van der Waals surface area (Å²) in [5.41, 5.74) is -0.668. The van der Waals surface area contributed by atoms with Gasteiger partial charge in [0.05, 0.1) is 25.4 Å². The first-order valence-electron chi connectivity index (χ1n) is 8.41. The Hall–Kier alpha value is -3.27. The van der Waals surface area contributed by atoms with Crippen LogP contribution in [0.15, 0.2) is 23.3 Å². The van der Waals surface area contributed by atoms with Crippen molar-refractivity contribution in [1.29, 1.82) is 0 Å². The molecule has 0 aromatic carbocycles. The molecule has 2 aromatic rings. The third-order valence-electron chi connectivity index (χ3n) is 4.57. The molecule has 1 fully saturated rings. The Bertz CT molecular complexity index is 1000. The summed E-state index contributed by atoms with van der Waals surface area (Å²) >= 11 is 0. The maximum absolute atomic E-state index is 12.5. The Morgan fingerprint density at radius 1 is 1.44 bits per heavy atom. The number of aryl methyl sites for hydroxylation is 1. The van der Waals surface area contributed by atoms with E-state index in [-0.39, 0.29) is 24.3 Å². The molecule has 10 heteroatoms. The summed E-state index contributed by atoms with van der Waals surface area (Å²) in [4.78, 5) is 47.0. The van der Waals surface area contributed by atoms with Gasteiger partial charge in [-0.3, -0.25) is 14.4 Å². The van der Waals surface area contributed by atoms with Gasteiger partial charge < -0.3 is 24.6 Å². The summed E-state index contributed by atoms with van der Waals surface area (Å²) in [6.45, 7) is 2.85. The van der Waals surface area contributed by atoms with Crippen molar-refractivity contribution >= 4 is 11.8 Å². The molecule has 2 aliphatic rings. The normalized spacial score (nSPS) is 18.2. The maximum atomic E-state index is 12.5. The van der Waals surface area contributed by atoms with Gasteiger partial charge in [-0.15, -0.1) is 0 Å². The number of amides is 2. The van der Waals surface area contributed by atoms with Crippen molar-refractivity contribution in [2.24, 2.45) is 0 Å². The molecule has 1 atom stereocenters. The minimum atomic E-state index is -0.885. The largest absolute Gasteiger partial charge is 0.503 e. The maximum Gasteiger partial charge on any atom is 0.276 e. The van der Waals surface area contributed by atoms with E-state index in [2.05, 4.69) is 15.3 Å². The fraction of sp³-hybridized carbons (Fsp3) is 0.353. The summed E-state index contributed by atoms with van der Waals surface area (Å²) < 4.78 is 6.88. The Morgan fingerprint density at radius 2 is 2.26 bits per heavy atom. The second-order valence-corrected chi connectivity index (χ2v) is 6.32. The number of aromatic hydroxyl groups is 1. The van der Waals surface area contributed by atoms with Gasteiger partial charge in [0.25, 0.3) is 11.8 Å². The predicted molar refractivity (Wildman–Crippen MR) is 91.1 cm³/mol. The fourth-order valence-corrected chi connectivity index (χ4v) is 3.26. The summed E-state index contributed by atoms with van der Waals surface area (Å²) in [5, 5.41) is 12.9. The minimum Gasteiger partial charge on any atom is -0.503 e. The van der Waals surface area contributed by atoms with Crippen molar-refractivity contribution in [3.8, 4) is 5.75 Å². The topological polar surface area (TPSA) is 127 Å². The van der Waals surface area contributed by atoms with Gasteiger partial charge in [-0.25, -0.2) is 9.97 Å². The lowest BCUT2D eigenvalue weighted by atomic mass is 10.1. The Balaban J connectivity index is 1.62. The number of aromatic nitrogens is 3. The average Bonchev–Trinajstić information content (AvgIpc) is 3.11. The van der Waals surface area contributed by atoms with Crippen LogP contribution >= 0.6 is 0 Å². The monoisotopic (exact) mass is 371 g/mol. The van der Waals surface area contributed by atoms with Gasteiger partial charge in [0, 0.05) is 18.9 Å². The van der Waals surface area contributed by atoms with Crippen LogP contribution in [0, 0.1) is 6.92 Å². The van der Waals surface area contributed by atoms with Crippen molar-refractivity contribution in [2.75, 3.05) is 13.2 Å². The highest BCUT2D eigenvalue weighted by Crippen LogP contribution is 2.26. The van der Waals surface area contributed by atoms with Crippen molar-refractivity contribution in [3.63, 3.8) is 0 Å². The molecule has 27 heavy (non-hydrogen) atoms. The first-order chi connectivity index (χ1) is 13.0. The van der Waals surface area contributed by atoms with Crippen molar-refractivity contribution < 1.29 is 19.4 Å². The molecule has 4 heterocycles. The molecule has 0 radical (unpaired) electrons. The van der Waals surface area contributed by atoms with Crippen LogP contribution in [-0.2, 0) is 17.8 Å². The standard InChI is InChI=1S/C17H17N5O5/c1-9-18-3-2-10(20-9)6-19-16(25)11-7-21-8-12-22(4-5-27-12)17(26)13(21)15(24)14(11)23/h2-3,7,12,24H,4-6,8H2,1H3,(H,19,25). The van der Waals surface area contributed by atoms with E-state index >= 15 is 0 Å². The van der Waals surface area contributed by atoms with Gasteiger partial charge in [0.2, 0.25) is 5.43 Å². The van der Waals surface area contributed by atoms with E-state index in [4.69, 9.17) is 4.74 Å². The highest BCUT2D eigenvalue weighted by molar-refractivity contribution is 5.99. The van der Waals surface area contributed by atoms with Crippen LogP contribution in [0.5, 0.6) is 5.75 Å². The highest BCUT2D eigenvalue weighted by Gasteiger charge is 2.39. The molecular formula is C17H17N5O5. The Morgan fingerprint density at radius 3 is 3.04 bits per heavy atom. The number of nitrogens with zero attached hydrogens (tertiary/aromatic N) is 4. The van der Waals surface area contributed by atoms with Gasteiger partial charge in [-0.1, -0.05) is 0 Å². The van der Waals surface area contributed by atoms with Crippen LogP contribution in [0.4, 0.5) is 0 Å². The van der Waals surface area contributed by atoms with E-state index in [0.29, 0.717) is 24.7 Å². The second-order valence-electron chi connectivity index (χ2n) is 6.32. The van der Waals surface area contributed by atoms with Crippen molar-refractivity contribution in [1.82, 2.24) is 24.8 Å². The molecule has 2 aliphatic heterocycles. The molecule has 2 aromatic heterocycles. The minimum absolute atomic E-state index is 0.0998. The van der Waals surface area contributed by atoms with Gasteiger partial charge in [0.1, 0.15) is 11.4 Å². The molecule has 0 spiro atoms. The number of pyridine rings is 1. The number of carbonyl (C=O) groups excluding carboxylic acids is 2. The Kier molecular flexibility index (Phi) is 4.11. The number of rotatable bonds is 3. The van der Waals surface area contributed by atoms with Gasteiger partial charge in [-0.2, -0.15) is 0 Å². The fourth-order valence-electron chi connectivity index (χ4n) is 3.26. The molecular weight excluding hydrogens is 354 g/mol. The SMILES string of the molecule is Cc1nccc(CNC(=O)c2cn3c(c(O)c2=O)C(=O)N2CCOC2C3)n1. The average molecular weight is 371 g/mol. The first kappa shape index (κ1) is 17.2. The predicted octanol–water partition coefficient (Wildman–Crippen LogP) is -0.606. The van der Waals surface area contributed by atoms with Crippen LogP contribution < -0.4 is 10.7 Å². The summed E-state index contributed by atoms with van der Waals surface area (Å²) in [6, 6.07) is 1.65. The molecule has 2 N–H and O–H groups in total. The van der Waals surface area contributed by atoms with E-state index in [1.807, 2.05) is 0 Å². The van der Waals surface area contributed by atoms with Crippen LogP contribution in [0.1, 0.15) is 32.4 Å². The third kappa shape index (κ3) is 2.93. The molecule has 2 amide bonds. The zero-order valence-electron chi connectivity index (χ0n) is 14.5. The number of nitrogens with one attached hydrogen (secondary N) is 1. The molecule has 0 bridgehead atoms. The van der Waals surface area contributed by atoms with E-state index < -0.39 is 29.2 Å². The van der Waals surface area contributed by atoms with Gasteiger partial charge >= 0.3 is 0 Å². The lowest BCUT2D eigenvalue weighted by Gasteiger charge is -2.31. The molecule has 10 nitrogen and oxygen atoms in total. The third-order valence-corrected chi connectivity index (χ3v) is 4.57. The summed E-state index contributed by atoms with van der Waals surface area (Å²) in [6.07, 6.45) is 2.39. The van der Waals surface area contributed by atoms with E-state index in [1.54, 1.807) is 19.2 Å². The number of hydrogen-bond acceptors (Lipinski definition) is 7. The number of carbonyl (C=O) groups is 2. The lowest BCUT2D eigenvalue weighted by Crippen LogP contribution is -2.46. The number of ether oxygens (including phenoxy) is 1. The highest BCUT2D eigenvalue weighted by atomic mass is 16.5. The smallest absolute Gasteiger partial charge is 0.276 e. The number of fused-ring (bicyclic) bond motifs is 2. The quantitative estimate of drug-likeness (QED) is 0.737. The van der Waals surface area contributed by atoms with E-state index in [1.165, 1.54) is 15.7 Å². The van der Waals surface area contributed by atoms with Crippen LogP contribution in [0.25, 0.3) is 0 Å². The Labute approximate surface area is 153 Å². The molecule has 4 rings (SSSR count). The molecule has 140 valence electrons. The van der Waals surface area contributed by atoms with Gasteiger partial charge in [0.15, 0.2) is 17.7 Å². The molecule has 0 aliphatic carbocycles. The van der Waals surface area contributed by atoms with E-state index in [0.717, 1.165) is 0 Å². The summed E-state index contributed by atoms with van der Waals surface area (Å²) in [7, 11) is 0. The van der Waals surface area contributed by atoms with Gasteiger partial charge in [-0.05, 0) is 13.0 Å². The zero-order chi connectivity index (χ0) is 19.1. The summed E-state index contributed by atoms with van der Waals surface area (Å²) in [5.74, 6) is -1.31. The molecule has 0 saturated carbocycles. The van der Waals surface area contributed by atoms with Crippen molar-refractivity contribution in [2.45, 2.75) is 26.2 Å². The molecule has 1 saturated heterocycles.